The number of nitrogens with one attached hydrogen (secondary N) is 1. The maximum Gasteiger partial charge on any atom is 0.153 e. The molecule has 0 aliphatic heterocycles. The zero-order chi connectivity index (χ0) is 16.7. The highest BCUT2D eigenvalue weighted by atomic mass is 19.1. The summed E-state index contributed by atoms with van der Waals surface area (Å²) < 4.78 is 13.6. The number of H-pyrrole nitrogens is 1. The predicted molar refractivity (Wildman–Crippen MR) is 93.9 cm³/mol. The van der Waals surface area contributed by atoms with E-state index in [2.05, 4.69) is 15.2 Å². The van der Waals surface area contributed by atoms with Crippen LogP contribution in [0.3, 0.4) is 0 Å². The summed E-state index contributed by atoms with van der Waals surface area (Å²) in [5.74, 6) is 0.266. The van der Waals surface area contributed by atoms with Crippen LogP contribution in [0.4, 0.5) is 10.2 Å². The summed E-state index contributed by atoms with van der Waals surface area (Å²) in [6, 6.07) is 14.9. The van der Waals surface area contributed by atoms with Gasteiger partial charge in [0.2, 0.25) is 0 Å². The van der Waals surface area contributed by atoms with E-state index in [1.807, 2.05) is 36.4 Å². The van der Waals surface area contributed by atoms with Crippen LogP contribution < -0.4 is 5.73 Å². The molecule has 2 aromatic carbocycles. The highest BCUT2D eigenvalue weighted by molar-refractivity contribution is 5.93. The highest BCUT2D eigenvalue weighted by Crippen LogP contribution is 2.33. The van der Waals surface area contributed by atoms with Crippen LogP contribution in [0.5, 0.6) is 0 Å². The molecular weight excluding hydrogens is 303 g/mol. The fourth-order valence-corrected chi connectivity index (χ4v) is 2.87. The molecule has 2 heterocycles. The molecule has 4 nitrogen and oxygen atoms in total. The van der Waals surface area contributed by atoms with Crippen molar-refractivity contribution in [2.45, 2.75) is 6.92 Å². The van der Waals surface area contributed by atoms with Gasteiger partial charge in [-0.25, -0.2) is 4.39 Å². The van der Waals surface area contributed by atoms with Gasteiger partial charge in [-0.3, -0.25) is 10.1 Å². The summed E-state index contributed by atoms with van der Waals surface area (Å²) in [6.07, 6.45) is 1.74. The number of fused-ring (bicyclic) bond motifs is 1. The number of pyridine rings is 1. The van der Waals surface area contributed by atoms with E-state index in [-0.39, 0.29) is 5.82 Å². The Bertz CT molecular complexity index is 1050. The molecule has 0 fully saturated rings. The normalized spacial score (nSPS) is 11.1. The first-order valence-electron chi connectivity index (χ1n) is 7.59. The summed E-state index contributed by atoms with van der Waals surface area (Å²) in [5, 5.41) is 7.85. The summed E-state index contributed by atoms with van der Waals surface area (Å²) in [7, 11) is 0. The molecule has 0 bridgehead atoms. The fraction of sp³-hybridized carbons (Fsp3) is 0.0526. The first-order valence-corrected chi connectivity index (χ1v) is 7.59. The average Bonchev–Trinajstić information content (AvgIpc) is 2.98. The van der Waals surface area contributed by atoms with Gasteiger partial charge in [0.15, 0.2) is 5.82 Å². The van der Waals surface area contributed by atoms with Crippen molar-refractivity contribution in [3.63, 3.8) is 0 Å². The molecule has 24 heavy (non-hydrogen) atoms. The Morgan fingerprint density at radius 3 is 2.71 bits per heavy atom. The molecule has 4 rings (SSSR count). The molecule has 0 aliphatic rings. The van der Waals surface area contributed by atoms with Crippen LogP contribution in [0.15, 0.2) is 54.7 Å². The van der Waals surface area contributed by atoms with Crippen LogP contribution >= 0.6 is 0 Å². The van der Waals surface area contributed by atoms with Crippen molar-refractivity contribution in [1.82, 2.24) is 15.2 Å². The topological polar surface area (TPSA) is 67.6 Å². The Labute approximate surface area is 138 Å². The second-order valence-corrected chi connectivity index (χ2v) is 5.73. The van der Waals surface area contributed by atoms with Crippen LogP contribution in [0.2, 0.25) is 0 Å². The van der Waals surface area contributed by atoms with Gasteiger partial charge in [0.1, 0.15) is 5.82 Å². The van der Waals surface area contributed by atoms with Gasteiger partial charge in [-0.05, 0) is 54.4 Å². The third-order valence-corrected chi connectivity index (χ3v) is 4.14. The Hall–Kier alpha value is -3.21. The zero-order valence-corrected chi connectivity index (χ0v) is 13.0. The second-order valence-electron chi connectivity index (χ2n) is 5.73. The van der Waals surface area contributed by atoms with Gasteiger partial charge >= 0.3 is 0 Å². The lowest BCUT2D eigenvalue weighted by Gasteiger charge is -2.10. The summed E-state index contributed by atoms with van der Waals surface area (Å²) in [5.41, 5.74) is 11.0. The average molecular weight is 318 g/mol. The van der Waals surface area contributed by atoms with Crippen molar-refractivity contribution in [3.8, 4) is 22.4 Å². The van der Waals surface area contributed by atoms with Crippen LogP contribution in [-0.2, 0) is 0 Å². The number of hydrogen-bond donors (Lipinski definition) is 2. The molecule has 3 N–H and O–H groups in total. The molecule has 0 saturated heterocycles. The number of anilines is 1. The van der Waals surface area contributed by atoms with Gasteiger partial charge in [0.05, 0.1) is 11.2 Å². The third kappa shape index (κ3) is 2.31. The van der Waals surface area contributed by atoms with Gasteiger partial charge in [-0.15, -0.1) is 0 Å². The van der Waals surface area contributed by atoms with Gasteiger partial charge in [-0.2, -0.15) is 5.10 Å². The molecule has 0 unspecified atom stereocenters. The van der Waals surface area contributed by atoms with Crippen LogP contribution in [0, 0.1) is 12.7 Å². The summed E-state index contributed by atoms with van der Waals surface area (Å²) in [4.78, 5) is 4.51. The number of nitrogen functional groups attached to an aromatic ring is 1. The smallest absolute Gasteiger partial charge is 0.153 e. The number of rotatable bonds is 2. The number of aromatic amines is 1. The Morgan fingerprint density at radius 2 is 1.88 bits per heavy atom. The van der Waals surface area contributed by atoms with Crippen molar-refractivity contribution in [3.05, 3.63) is 66.1 Å². The highest BCUT2D eigenvalue weighted by Gasteiger charge is 2.11. The maximum absolute atomic E-state index is 13.6. The standard InChI is InChI=1S/C19H15FN4/c1-11-9-13(5-7-16(11)20)18-14(3-2-8-22-18)12-4-6-15-17(10-12)23-24-19(15)21/h2-10H,1H3,(H3,21,23,24). The van der Waals surface area contributed by atoms with E-state index in [4.69, 9.17) is 5.73 Å². The molecule has 5 heteroatoms. The van der Waals surface area contributed by atoms with E-state index < -0.39 is 0 Å². The van der Waals surface area contributed by atoms with Crippen LogP contribution in [0.1, 0.15) is 5.56 Å². The Kier molecular flexibility index (Phi) is 3.27. The quantitative estimate of drug-likeness (QED) is 0.578. The molecule has 2 aromatic heterocycles. The number of aromatic nitrogens is 3. The maximum atomic E-state index is 13.6. The largest absolute Gasteiger partial charge is 0.382 e. The molecule has 0 amide bonds. The van der Waals surface area contributed by atoms with E-state index in [0.717, 1.165) is 33.3 Å². The Balaban J connectivity index is 1.90. The van der Waals surface area contributed by atoms with E-state index in [9.17, 15) is 4.39 Å². The van der Waals surface area contributed by atoms with Crippen LogP contribution in [0.25, 0.3) is 33.3 Å². The van der Waals surface area contributed by atoms with Crippen molar-refractivity contribution < 1.29 is 4.39 Å². The molecule has 0 spiro atoms. The molecular formula is C19H15FN4. The van der Waals surface area contributed by atoms with Gasteiger partial charge in [0.25, 0.3) is 0 Å². The van der Waals surface area contributed by atoms with Crippen molar-refractivity contribution in [1.29, 1.82) is 0 Å². The Morgan fingerprint density at radius 1 is 1.04 bits per heavy atom. The lowest BCUT2D eigenvalue weighted by molar-refractivity contribution is 0.619. The first-order chi connectivity index (χ1) is 11.6. The number of hydrogen-bond acceptors (Lipinski definition) is 3. The molecule has 118 valence electrons. The molecule has 4 aromatic rings. The van der Waals surface area contributed by atoms with Gasteiger partial charge in [-0.1, -0.05) is 12.1 Å². The van der Waals surface area contributed by atoms with Crippen LogP contribution in [-0.4, -0.2) is 15.2 Å². The zero-order valence-electron chi connectivity index (χ0n) is 13.0. The monoisotopic (exact) mass is 318 g/mol. The second kappa shape index (κ2) is 5.45. The summed E-state index contributed by atoms with van der Waals surface area (Å²) in [6.45, 7) is 1.75. The van der Waals surface area contributed by atoms with E-state index in [1.54, 1.807) is 19.2 Å². The van der Waals surface area contributed by atoms with E-state index in [1.165, 1.54) is 6.07 Å². The van der Waals surface area contributed by atoms with Crippen molar-refractivity contribution in [2.75, 3.05) is 5.73 Å². The number of aryl methyl sites for hydroxylation is 1. The van der Waals surface area contributed by atoms with Gasteiger partial charge in [0, 0.05) is 22.7 Å². The van der Waals surface area contributed by atoms with E-state index in [0.29, 0.717) is 11.4 Å². The lowest BCUT2D eigenvalue weighted by atomic mass is 9.97. The minimum Gasteiger partial charge on any atom is -0.382 e. The molecule has 0 saturated carbocycles. The number of halogens is 1. The minimum atomic E-state index is -0.217. The fourth-order valence-electron chi connectivity index (χ4n) is 2.87. The number of nitrogens with two attached hydrogens (primary N) is 1. The molecule has 0 radical (unpaired) electrons. The predicted octanol–water partition coefficient (Wildman–Crippen LogP) is 4.32. The number of nitrogens with zero attached hydrogens (tertiary/aromatic N) is 2. The van der Waals surface area contributed by atoms with Crippen molar-refractivity contribution in [2.24, 2.45) is 0 Å². The minimum absolute atomic E-state index is 0.217. The molecule has 0 atom stereocenters. The molecule has 0 aliphatic carbocycles. The third-order valence-electron chi connectivity index (χ3n) is 4.14. The first kappa shape index (κ1) is 14.4. The lowest BCUT2D eigenvalue weighted by Crippen LogP contribution is -1.91. The SMILES string of the molecule is Cc1cc(-c2ncccc2-c2ccc3c(N)n[nH]c3c2)ccc1F. The number of benzene rings is 2. The summed E-state index contributed by atoms with van der Waals surface area (Å²) >= 11 is 0. The van der Waals surface area contributed by atoms with Crippen molar-refractivity contribution >= 4 is 16.7 Å². The van der Waals surface area contributed by atoms with E-state index >= 15 is 0 Å². The van der Waals surface area contributed by atoms with Gasteiger partial charge < -0.3 is 5.73 Å².